The fourth-order valence-corrected chi connectivity index (χ4v) is 3.28. The summed E-state index contributed by atoms with van der Waals surface area (Å²) in [6.45, 7) is 0. The van der Waals surface area contributed by atoms with Crippen molar-refractivity contribution >= 4 is 51.6 Å². The van der Waals surface area contributed by atoms with E-state index in [1.807, 2.05) is 18.2 Å². The lowest BCUT2D eigenvalue weighted by Gasteiger charge is -2.05. The number of carbonyl (C=O) groups excluding carboxylic acids is 1. The highest BCUT2D eigenvalue weighted by Crippen LogP contribution is 2.27. The molecule has 2 N–H and O–H groups in total. The predicted octanol–water partition coefficient (Wildman–Crippen LogP) is 3.83. The minimum absolute atomic E-state index is 0.103. The van der Waals surface area contributed by atoms with Gasteiger partial charge in [0.25, 0.3) is 0 Å². The van der Waals surface area contributed by atoms with Crippen LogP contribution in [0.3, 0.4) is 0 Å². The molecule has 0 unspecified atom stereocenters. The number of amides is 1. The lowest BCUT2D eigenvalue weighted by atomic mass is 10.3. The quantitative estimate of drug-likeness (QED) is 0.819. The van der Waals surface area contributed by atoms with Gasteiger partial charge in [-0.25, -0.2) is 4.79 Å². The van der Waals surface area contributed by atoms with E-state index in [1.54, 1.807) is 11.4 Å². The molecule has 0 atom stereocenters. The number of hydrogen-bond acceptors (Lipinski definition) is 4. The highest BCUT2D eigenvalue weighted by atomic mass is 35.5. The summed E-state index contributed by atoms with van der Waals surface area (Å²) in [4.78, 5) is 23.5. The van der Waals surface area contributed by atoms with Crippen molar-refractivity contribution in [3.63, 3.8) is 0 Å². The van der Waals surface area contributed by atoms with Gasteiger partial charge in [0.05, 0.1) is 16.3 Å². The van der Waals surface area contributed by atoms with Gasteiger partial charge in [0.2, 0.25) is 5.91 Å². The van der Waals surface area contributed by atoms with Crippen molar-refractivity contribution in [2.24, 2.45) is 0 Å². The van der Waals surface area contributed by atoms with E-state index < -0.39 is 5.97 Å². The van der Waals surface area contributed by atoms with E-state index in [-0.39, 0.29) is 17.2 Å². The number of nitrogens with one attached hydrogen (secondary N) is 1. The molecule has 0 bridgehead atoms. The number of aromatic carboxylic acids is 1. The molecular formula is C13H10ClNO3S2. The molecule has 2 aromatic rings. The van der Waals surface area contributed by atoms with Gasteiger partial charge in [-0.1, -0.05) is 23.7 Å². The van der Waals surface area contributed by atoms with Gasteiger partial charge < -0.3 is 10.4 Å². The number of thioether (sulfide) groups is 1. The largest absolute Gasteiger partial charge is 0.478 e. The maximum Gasteiger partial charge on any atom is 0.338 e. The Morgan fingerprint density at radius 2 is 2.05 bits per heavy atom. The second-order valence-electron chi connectivity index (χ2n) is 3.74. The second-order valence-corrected chi connectivity index (χ2v) is 6.08. The molecule has 1 amide bonds. The van der Waals surface area contributed by atoms with Crippen LogP contribution in [0.1, 0.15) is 10.4 Å². The van der Waals surface area contributed by atoms with Crippen LogP contribution in [0.2, 0.25) is 5.02 Å². The Kier molecular flexibility index (Phi) is 5.05. The van der Waals surface area contributed by atoms with Crippen LogP contribution >= 0.6 is 34.7 Å². The normalized spacial score (nSPS) is 10.2. The molecule has 2 rings (SSSR count). The maximum absolute atomic E-state index is 11.8. The molecule has 0 aliphatic heterocycles. The van der Waals surface area contributed by atoms with Crippen molar-refractivity contribution in [2.75, 3.05) is 11.1 Å². The number of thiophene rings is 1. The first-order valence-electron chi connectivity index (χ1n) is 5.56. The van der Waals surface area contributed by atoms with Gasteiger partial charge in [0.15, 0.2) is 0 Å². The highest BCUT2D eigenvalue weighted by molar-refractivity contribution is 8.00. The first kappa shape index (κ1) is 14.9. The SMILES string of the molecule is O=C(CSc1ccccc1Cl)Nc1sccc1C(=O)O. The molecule has 20 heavy (non-hydrogen) atoms. The van der Waals surface area contributed by atoms with Crippen molar-refractivity contribution in [3.05, 3.63) is 46.3 Å². The number of hydrogen-bond donors (Lipinski definition) is 2. The van der Waals surface area contributed by atoms with Crippen molar-refractivity contribution in [1.82, 2.24) is 0 Å². The third-order valence-corrected chi connectivity index (χ3v) is 4.69. The monoisotopic (exact) mass is 327 g/mol. The van der Waals surface area contributed by atoms with Crippen LogP contribution in [0.5, 0.6) is 0 Å². The van der Waals surface area contributed by atoms with Crippen LogP contribution in [0.4, 0.5) is 5.00 Å². The van der Waals surface area contributed by atoms with Gasteiger partial charge >= 0.3 is 5.97 Å². The van der Waals surface area contributed by atoms with E-state index >= 15 is 0 Å². The summed E-state index contributed by atoms with van der Waals surface area (Å²) in [5.41, 5.74) is 0.103. The molecule has 1 heterocycles. The number of carboxylic acids is 1. The number of rotatable bonds is 5. The third kappa shape index (κ3) is 3.75. The number of carboxylic acid groups (broad SMARTS) is 1. The van der Waals surface area contributed by atoms with Crippen LogP contribution in [0.15, 0.2) is 40.6 Å². The Morgan fingerprint density at radius 1 is 1.30 bits per heavy atom. The van der Waals surface area contributed by atoms with Crippen LogP contribution in [-0.4, -0.2) is 22.7 Å². The lowest BCUT2D eigenvalue weighted by molar-refractivity contribution is -0.113. The van der Waals surface area contributed by atoms with E-state index in [0.29, 0.717) is 10.0 Å². The molecule has 7 heteroatoms. The Morgan fingerprint density at radius 3 is 2.75 bits per heavy atom. The molecule has 104 valence electrons. The van der Waals surface area contributed by atoms with Crippen LogP contribution in [0.25, 0.3) is 0 Å². The zero-order valence-electron chi connectivity index (χ0n) is 10.1. The maximum atomic E-state index is 11.8. The van der Waals surface area contributed by atoms with Crippen LogP contribution in [0, 0.1) is 0 Å². The first-order valence-corrected chi connectivity index (χ1v) is 7.80. The summed E-state index contributed by atoms with van der Waals surface area (Å²) >= 11 is 8.48. The summed E-state index contributed by atoms with van der Waals surface area (Å²) in [6, 6.07) is 8.70. The zero-order chi connectivity index (χ0) is 14.5. The van der Waals surface area contributed by atoms with Crippen molar-refractivity contribution in [2.45, 2.75) is 4.90 Å². The predicted molar refractivity (Wildman–Crippen MR) is 82.1 cm³/mol. The molecule has 0 saturated carbocycles. The molecule has 0 fully saturated rings. The summed E-state index contributed by atoms with van der Waals surface area (Å²) in [7, 11) is 0. The average Bonchev–Trinajstić information content (AvgIpc) is 2.86. The Hall–Kier alpha value is -1.50. The zero-order valence-corrected chi connectivity index (χ0v) is 12.5. The minimum Gasteiger partial charge on any atom is -0.478 e. The number of benzene rings is 1. The Bertz CT molecular complexity index is 642. The summed E-state index contributed by atoms with van der Waals surface area (Å²) < 4.78 is 0. The summed E-state index contributed by atoms with van der Waals surface area (Å²) in [6.07, 6.45) is 0. The van der Waals surface area contributed by atoms with Crippen LogP contribution in [-0.2, 0) is 4.79 Å². The molecule has 0 saturated heterocycles. The van der Waals surface area contributed by atoms with Gasteiger partial charge in [-0.15, -0.1) is 23.1 Å². The fourth-order valence-electron chi connectivity index (χ4n) is 1.44. The highest BCUT2D eigenvalue weighted by Gasteiger charge is 2.14. The fraction of sp³-hybridized carbons (Fsp3) is 0.0769. The Labute approximate surface area is 128 Å². The van der Waals surface area contributed by atoms with E-state index in [2.05, 4.69) is 5.32 Å². The number of carbonyl (C=O) groups is 2. The van der Waals surface area contributed by atoms with Gasteiger partial charge in [0.1, 0.15) is 5.00 Å². The van der Waals surface area contributed by atoms with E-state index in [0.717, 1.165) is 4.90 Å². The first-order chi connectivity index (χ1) is 9.58. The summed E-state index contributed by atoms with van der Waals surface area (Å²) in [5, 5.41) is 14.1. The molecule has 4 nitrogen and oxygen atoms in total. The lowest BCUT2D eigenvalue weighted by Crippen LogP contribution is -2.15. The van der Waals surface area contributed by atoms with Crippen molar-refractivity contribution in [3.8, 4) is 0 Å². The van der Waals surface area contributed by atoms with Crippen LogP contribution < -0.4 is 5.32 Å². The second kappa shape index (κ2) is 6.78. The molecule has 0 spiro atoms. The number of anilines is 1. The standard InChI is InChI=1S/C13H10ClNO3S2/c14-9-3-1-2-4-10(9)20-7-11(16)15-12-8(13(17)18)5-6-19-12/h1-6H,7H2,(H,15,16)(H,17,18). The van der Waals surface area contributed by atoms with E-state index in [4.69, 9.17) is 16.7 Å². The summed E-state index contributed by atoms with van der Waals surface area (Å²) in [5.74, 6) is -1.15. The van der Waals surface area contributed by atoms with Gasteiger partial charge in [-0.05, 0) is 23.6 Å². The molecule has 1 aromatic carbocycles. The Balaban J connectivity index is 1.95. The smallest absolute Gasteiger partial charge is 0.338 e. The van der Waals surface area contributed by atoms with Gasteiger partial charge in [-0.2, -0.15) is 0 Å². The van der Waals surface area contributed by atoms with Gasteiger partial charge in [-0.3, -0.25) is 4.79 Å². The van der Waals surface area contributed by atoms with E-state index in [1.165, 1.54) is 29.2 Å². The average molecular weight is 328 g/mol. The van der Waals surface area contributed by atoms with Gasteiger partial charge in [0, 0.05) is 4.90 Å². The topological polar surface area (TPSA) is 66.4 Å². The van der Waals surface area contributed by atoms with Crippen molar-refractivity contribution < 1.29 is 14.7 Å². The molecule has 0 radical (unpaired) electrons. The molecule has 0 aliphatic rings. The number of halogens is 1. The van der Waals surface area contributed by atoms with Crippen molar-refractivity contribution in [1.29, 1.82) is 0 Å². The molecule has 0 aliphatic carbocycles. The third-order valence-electron chi connectivity index (χ3n) is 2.34. The van der Waals surface area contributed by atoms with E-state index in [9.17, 15) is 9.59 Å². The molecular weight excluding hydrogens is 318 g/mol. The molecule has 1 aromatic heterocycles. The minimum atomic E-state index is -1.06.